The molecule has 1 aromatic heterocycles. The number of fused-ring (bicyclic) bond motifs is 1. The minimum absolute atomic E-state index is 0.801. The molecule has 0 amide bonds. The lowest BCUT2D eigenvalue weighted by Gasteiger charge is -2.22. The van der Waals surface area contributed by atoms with E-state index in [-0.39, 0.29) is 0 Å². The number of hydrogen-bond acceptors (Lipinski definition) is 0. The molecule has 0 N–H and O–H groups in total. The zero-order valence-corrected chi connectivity index (χ0v) is 10.9. The van der Waals surface area contributed by atoms with Crippen molar-refractivity contribution in [1.82, 2.24) is 4.57 Å². The number of para-hydroxylation sites is 1. The molecular formula is C16H21N. The third-order valence-electron chi connectivity index (χ3n) is 4.46. The van der Waals surface area contributed by atoms with Crippen LogP contribution in [0, 0.1) is 6.92 Å². The van der Waals surface area contributed by atoms with Gasteiger partial charge in [0.2, 0.25) is 0 Å². The zero-order chi connectivity index (χ0) is 11.8. The van der Waals surface area contributed by atoms with Crippen molar-refractivity contribution >= 4 is 10.9 Å². The summed E-state index contributed by atoms with van der Waals surface area (Å²) in [5.41, 5.74) is 4.49. The molecular weight excluding hydrogens is 206 g/mol. The van der Waals surface area contributed by atoms with Crippen LogP contribution in [0.2, 0.25) is 0 Å². The van der Waals surface area contributed by atoms with Crippen LogP contribution in [0.15, 0.2) is 24.3 Å². The molecule has 0 spiro atoms. The van der Waals surface area contributed by atoms with Crippen molar-refractivity contribution in [2.45, 2.75) is 44.9 Å². The van der Waals surface area contributed by atoms with E-state index in [0.29, 0.717) is 0 Å². The van der Waals surface area contributed by atoms with Crippen LogP contribution in [0.25, 0.3) is 10.9 Å². The Hall–Kier alpha value is -1.24. The molecule has 1 heterocycles. The number of nitrogens with zero attached hydrogens (tertiary/aromatic N) is 1. The predicted octanol–water partition coefficient (Wildman–Crippen LogP) is 4.53. The summed E-state index contributed by atoms with van der Waals surface area (Å²) < 4.78 is 2.36. The van der Waals surface area contributed by atoms with Crippen LogP contribution < -0.4 is 0 Å². The summed E-state index contributed by atoms with van der Waals surface area (Å²) in [6, 6.07) is 8.86. The van der Waals surface area contributed by atoms with E-state index < -0.39 is 0 Å². The highest BCUT2D eigenvalue weighted by molar-refractivity contribution is 5.86. The monoisotopic (exact) mass is 227 g/mol. The summed E-state index contributed by atoms with van der Waals surface area (Å²) in [6.07, 6.45) is 7.02. The average Bonchev–Trinajstić information content (AvgIpc) is 2.64. The van der Waals surface area contributed by atoms with Gasteiger partial charge in [0.1, 0.15) is 0 Å². The first-order valence-electron chi connectivity index (χ1n) is 6.83. The maximum Gasteiger partial charge on any atom is 0.0482 e. The Bertz CT molecular complexity index is 530. The van der Waals surface area contributed by atoms with Gasteiger partial charge in [-0.2, -0.15) is 0 Å². The smallest absolute Gasteiger partial charge is 0.0482 e. The molecule has 0 atom stereocenters. The molecule has 1 aliphatic carbocycles. The molecule has 0 saturated heterocycles. The van der Waals surface area contributed by atoms with Crippen LogP contribution in [-0.4, -0.2) is 4.57 Å². The van der Waals surface area contributed by atoms with Gasteiger partial charge in [0.15, 0.2) is 0 Å². The van der Waals surface area contributed by atoms with Gasteiger partial charge in [0.25, 0.3) is 0 Å². The minimum Gasteiger partial charge on any atom is -0.348 e. The Kier molecular flexibility index (Phi) is 2.70. The molecule has 90 valence electrons. The predicted molar refractivity (Wildman–Crippen MR) is 73.5 cm³/mol. The van der Waals surface area contributed by atoms with Crippen molar-refractivity contribution in [3.63, 3.8) is 0 Å². The molecule has 3 rings (SSSR count). The SMILES string of the molecule is Cc1c(C2CCCCC2)c2ccccc2n1C. The lowest BCUT2D eigenvalue weighted by atomic mass is 9.83. The molecule has 1 fully saturated rings. The third-order valence-corrected chi connectivity index (χ3v) is 4.46. The number of aryl methyl sites for hydroxylation is 1. The maximum absolute atomic E-state index is 2.36. The van der Waals surface area contributed by atoms with Crippen LogP contribution in [-0.2, 0) is 7.05 Å². The molecule has 0 aliphatic heterocycles. The molecule has 1 heteroatoms. The first-order chi connectivity index (χ1) is 8.29. The first kappa shape index (κ1) is 10.9. The van der Waals surface area contributed by atoms with E-state index >= 15 is 0 Å². The highest BCUT2D eigenvalue weighted by Crippen LogP contribution is 2.39. The quantitative estimate of drug-likeness (QED) is 0.674. The number of aromatic nitrogens is 1. The van der Waals surface area contributed by atoms with Gasteiger partial charge >= 0.3 is 0 Å². The summed E-state index contributed by atoms with van der Waals surface area (Å²) >= 11 is 0. The van der Waals surface area contributed by atoms with Gasteiger partial charge in [-0.05, 0) is 37.3 Å². The first-order valence-corrected chi connectivity index (χ1v) is 6.83. The lowest BCUT2D eigenvalue weighted by Crippen LogP contribution is -2.06. The fourth-order valence-corrected chi connectivity index (χ4v) is 3.46. The molecule has 0 radical (unpaired) electrons. The Balaban J connectivity index is 2.17. The summed E-state index contributed by atoms with van der Waals surface area (Å²) in [4.78, 5) is 0. The van der Waals surface area contributed by atoms with Crippen LogP contribution in [0.3, 0.4) is 0 Å². The fraction of sp³-hybridized carbons (Fsp3) is 0.500. The van der Waals surface area contributed by atoms with E-state index in [4.69, 9.17) is 0 Å². The Morgan fingerprint density at radius 1 is 1.06 bits per heavy atom. The van der Waals surface area contributed by atoms with E-state index in [9.17, 15) is 0 Å². The van der Waals surface area contributed by atoms with Crippen molar-refractivity contribution in [2.75, 3.05) is 0 Å². The van der Waals surface area contributed by atoms with E-state index in [1.165, 1.54) is 48.7 Å². The van der Waals surface area contributed by atoms with Gasteiger partial charge in [-0.1, -0.05) is 37.5 Å². The topological polar surface area (TPSA) is 4.93 Å². The van der Waals surface area contributed by atoms with Gasteiger partial charge in [-0.3, -0.25) is 0 Å². The van der Waals surface area contributed by atoms with Crippen molar-refractivity contribution in [3.05, 3.63) is 35.5 Å². The number of rotatable bonds is 1. The van der Waals surface area contributed by atoms with E-state index in [2.05, 4.69) is 42.8 Å². The molecule has 17 heavy (non-hydrogen) atoms. The van der Waals surface area contributed by atoms with Crippen LogP contribution in [0.1, 0.15) is 49.3 Å². The van der Waals surface area contributed by atoms with Crippen LogP contribution in [0.4, 0.5) is 0 Å². The summed E-state index contributed by atoms with van der Waals surface area (Å²) in [7, 11) is 2.20. The number of benzene rings is 1. The maximum atomic E-state index is 2.36. The number of hydrogen-bond donors (Lipinski definition) is 0. The molecule has 1 aliphatic rings. The molecule has 1 saturated carbocycles. The van der Waals surface area contributed by atoms with Crippen molar-refractivity contribution in [3.8, 4) is 0 Å². The van der Waals surface area contributed by atoms with Gasteiger partial charge in [-0.25, -0.2) is 0 Å². The van der Waals surface area contributed by atoms with Crippen LogP contribution >= 0.6 is 0 Å². The van der Waals surface area contributed by atoms with Crippen LogP contribution in [0.5, 0.6) is 0 Å². The Morgan fingerprint density at radius 3 is 2.53 bits per heavy atom. The summed E-state index contributed by atoms with van der Waals surface area (Å²) in [5.74, 6) is 0.801. The molecule has 0 unspecified atom stereocenters. The van der Waals surface area contributed by atoms with Crippen molar-refractivity contribution in [2.24, 2.45) is 7.05 Å². The van der Waals surface area contributed by atoms with Crippen molar-refractivity contribution in [1.29, 1.82) is 0 Å². The van der Waals surface area contributed by atoms with E-state index in [1.807, 2.05) is 0 Å². The lowest BCUT2D eigenvalue weighted by molar-refractivity contribution is 0.443. The average molecular weight is 227 g/mol. The van der Waals surface area contributed by atoms with E-state index in [0.717, 1.165) is 5.92 Å². The molecule has 1 nitrogen and oxygen atoms in total. The van der Waals surface area contributed by atoms with Crippen molar-refractivity contribution < 1.29 is 0 Å². The Morgan fingerprint density at radius 2 is 1.76 bits per heavy atom. The second-order valence-corrected chi connectivity index (χ2v) is 5.41. The second-order valence-electron chi connectivity index (χ2n) is 5.41. The van der Waals surface area contributed by atoms with Gasteiger partial charge in [0.05, 0.1) is 0 Å². The van der Waals surface area contributed by atoms with Gasteiger partial charge < -0.3 is 4.57 Å². The largest absolute Gasteiger partial charge is 0.348 e. The Labute approximate surface area is 103 Å². The zero-order valence-electron chi connectivity index (χ0n) is 10.9. The standard InChI is InChI=1S/C16H21N/c1-12-16(13-8-4-3-5-9-13)14-10-6-7-11-15(14)17(12)2/h6-7,10-11,13H,3-5,8-9H2,1-2H3. The van der Waals surface area contributed by atoms with Gasteiger partial charge in [0, 0.05) is 23.6 Å². The van der Waals surface area contributed by atoms with E-state index in [1.54, 1.807) is 5.56 Å². The summed E-state index contributed by atoms with van der Waals surface area (Å²) in [6.45, 7) is 2.28. The molecule has 0 bridgehead atoms. The van der Waals surface area contributed by atoms with Gasteiger partial charge in [-0.15, -0.1) is 0 Å². The summed E-state index contributed by atoms with van der Waals surface area (Å²) in [5, 5.41) is 1.49. The molecule has 1 aromatic carbocycles. The highest BCUT2D eigenvalue weighted by atomic mass is 14.9. The highest BCUT2D eigenvalue weighted by Gasteiger charge is 2.22. The second kappa shape index (κ2) is 4.21. The third kappa shape index (κ3) is 1.69. The minimum atomic E-state index is 0.801. The normalized spacial score (nSPS) is 17.8. The molecule has 2 aromatic rings. The fourth-order valence-electron chi connectivity index (χ4n) is 3.46.